The van der Waals surface area contributed by atoms with Gasteiger partial charge >= 0.3 is 0 Å². The number of ketones is 1. The van der Waals surface area contributed by atoms with Crippen LogP contribution in [0.25, 0.3) is 10.8 Å². The fraction of sp³-hybridized carbons (Fsp3) is 0.105. The van der Waals surface area contributed by atoms with E-state index < -0.39 is 0 Å². The lowest BCUT2D eigenvalue weighted by molar-refractivity contribution is 0.0993. The number of hydrogen-bond donors (Lipinski definition) is 0. The molecule has 0 saturated carbocycles. The number of fused-ring (bicyclic) bond motifs is 1. The van der Waals surface area contributed by atoms with Crippen molar-refractivity contribution in [3.63, 3.8) is 0 Å². The highest BCUT2D eigenvalue weighted by Gasteiger charge is 2.09. The summed E-state index contributed by atoms with van der Waals surface area (Å²) in [6.07, 6.45) is 0.393. The van der Waals surface area contributed by atoms with Crippen LogP contribution in [0.15, 0.2) is 60.7 Å². The topological polar surface area (TPSA) is 17.1 Å². The van der Waals surface area contributed by atoms with Crippen LogP contribution in [-0.4, -0.2) is 5.78 Å². The van der Waals surface area contributed by atoms with E-state index in [0.717, 1.165) is 16.5 Å². The number of carbonyl (C=O) groups excluding carboxylic acids is 1. The van der Waals surface area contributed by atoms with Crippen molar-refractivity contribution < 1.29 is 4.79 Å². The lowest BCUT2D eigenvalue weighted by atomic mass is 9.99. The van der Waals surface area contributed by atoms with Gasteiger partial charge in [0.2, 0.25) is 0 Å². The van der Waals surface area contributed by atoms with Gasteiger partial charge in [-0.2, -0.15) is 0 Å². The first-order valence-electron chi connectivity index (χ1n) is 6.90. The third-order valence-electron chi connectivity index (χ3n) is 3.67. The van der Waals surface area contributed by atoms with Crippen molar-refractivity contribution in [3.8, 4) is 0 Å². The summed E-state index contributed by atoms with van der Waals surface area (Å²) in [5.41, 5.74) is 2.67. The summed E-state index contributed by atoms with van der Waals surface area (Å²) in [6, 6.07) is 19.8. The lowest BCUT2D eigenvalue weighted by Crippen LogP contribution is -2.03. The molecule has 21 heavy (non-hydrogen) atoms. The van der Waals surface area contributed by atoms with Crippen molar-refractivity contribution in [2.75, 3.05) is 0 Å². The molecule has 3 aromatic rings. The van der Waals surface area contributed by atoms with Crippen LogP contribution >= 0.6 is 11.6 Å². The van der Waals surface area contributed by atoms with Gasteiger partial charge in [0.25, 0.3) is 0 Å². The molecule has 3 rings (SSSR count). The highest BCUT2D eigenvalue weighted by atomic mass is 35.5. The van der Waals surface area contributed by atoms with E-state index in [1.165, 1.54) is 5.39 Å². The molecule has 0 atom stereocenters. The molecule has 0 aromatic heterocycles. The van der Waals surface area contributed by atoms with Gasteiger partial charge in [0.05, 0.1) is 0 Å². The number of hydrogen-bond acceptors (Lipinski definition) is 1. The third-order valence-corrected chi connectivity index (χ3v) is 4.08. The minimum absolute atomic E-state index is 0.0900. The number of benzene rings is 3. The van der Waals surface area contributed by atoms with Crippen LogP contribution in [-0.2, 0) is 6.42 Å². The Hall–Kier alpha value is -2.12. The largest absolute Gasteiger partial charge is 0.294 e. The average Bonchev–Trinajstić information content (AvgIpc) is 2.50. The van der Waals surface area contributed by atoms with Crippen LogP contribution in [0, 0.1) is 6.92 Å². The second-order valence-corrected chi connectivity index (χ2v) is 5.65. The maximum absolute atomic E-state index is 12.4. The molecule has 1 nitrogen and oxygen atoms in total. The minimum atomic E-state index is 0.0900. The zero-order valence-electron chi connectivity index (χ0n) is 11.8. The molecule has 0 aliphatic rings. The minimum Gasteiger partial charge on any atom is -0.294 e. The van der Waals surface area contributed by atoms with Gasteiger partial charge in [-0.25, -0.2) is 0 Å². The molecule has 0 aliphatic carbocycles. The lowest BCUT2D eigenvalue weighted by Gasteiger charge is -2.05. The van der Waals surface area contributed by atoms with Gasteiger partial charge in [0.15, 0.2) is 5.78 Å². The number of aryl methyl sites for hydroxylation is 1. The second-order valence-electron chi connectivity index (χ2n) is 5.25. The molecule has 0 unspecified atom stereocenters. The summed E-state index contributed by atoms with van der Waals surface area (Å²) in [7, 11) is 0. The molecule has 0 fully saturated rings. The molecule has 0 N–H and O–H groups in total. The van der Waals surface area contributed by atoms with Crippen LogP contribution in [0.3, 0.4) is 0 Å². The first kappa shape index (κ1) is 13.8. The Morgan fingerprint density at radius 2 is 1.71 bits per heavy atom. The van der Waals surface area contributed by atoms with E-state index in [-0.39, 0.29) is 5.78 Å². The molecule has 0 spiro atoms. The molecular formula is C19H15ClO. The summed E-state index contributed by atoms with van der Waals surface area (Å²) < 4.78 is 0. The van der Waals surface area contributed by atoms with Gasteiger partial charge in [0, 0.05) is 17.0 Å². The molecule has 104 valence electrons. The summed E-state index contributed by atoms with van der Waals surface area (Å²) in [5, 5.41) is 2.98. The van der Waals surface area contributed by atoms with E-state index in [1.807, 2.05) is 37.3 Å². The van der Waals surface area contributed by atoms with Gasteiger partial charge in [-0.05, 0) is 34.9 Å². The molecule has 2 heteroatoms. The van der Waals surface area contributed by atoms with E-state index in [4.69, 9.17) is 11.6 Å². The van der Waals surface area contributed by atoms with Gasteiger partial charge in [-0.15, -0.1) is 0 Å². The Labute approximate surface area is 129 Å². The molecule has 0 amide bonds. The summed E-state index contributed by atoms with van der Waals surface area (Å²) in [6.45, 7) is 1.93. The predicted molar refractivity (Wildman–Crippen MR) is 88.2 cm³/mol. The van der Waals surface area contributed by atoms with Crippen LogP contribution < -0.4 is 0 Å². The van der Waals surface area contributed by atoms with E-state index in [1.54, 1.807) is 6.07 Å². The zero-order chi connectivity index (χ0) is 14.8. The molecule has 0 saturated heterocycles. The Morgan fingerprint density at radius 1 is 0.952 bits per heavy atom. The van der Waals surface area contributed by atoms with E-state index in [9.17, 15) is 4.79 Å². The van der Waals surface area contributed by atoms with Crippen LogP contribution in [0.2, 0.25) is 5.02 Å². The normalized spacial score (nSPS) is 10.8. The number of rotatable bonds is 3. The number of halogens is 1. The monoisotopic (exact) mass is 294 g/mol. The number of carbonyl (C=O) groups is 1. The summed E-state index contributed by atoms with van der Waals surface area (Å²) >= 11 is 6.09. The van der Waals surface area contributed by atoms with Crippen molar-refractivity contribution in [2.24, 2.45) is 0 Å². The maximum Gasteiger partial charge on any atom is 0.167 e. The fourth-order valence-corrected chi connectivity index (χ4v) is 2.58. The molecule has 0 radical (unpaired) electrons. The van der Waals surface area contributed by atoms with Gasteiger partial charge in [-0.3, -0.25) is 4.79 Å². The fourth-order valence-electron chi connectivity index (χ4n) is 2.40. The number of Topliss-reactive ketones (excluding diaryl/α,β-unsaturated/α-hetero) is 1. The quantitative estimate of drug-likeness (QED) is 0.605. The summed E-state index contributed by atoms with van der Waals surface area (Å²) in [5.74, 6) is 0.0900. The standard InChI is InChI=1S/C19H15ClO/c1-13-6-8-17(12-18(13)20)19(21)11-14-7-9-15-4-2-3-5-16(15)10-14/h2-10,12H,11H2,1H3. The van der Waals surface area contributed by atoms with Crippen LogP contribution in [0.5, 0.6) is 0 Å². The van der Waals surface area contributed by atoms with Crippen LogP contribution in [0.4, 0.5) is 0 Å². The molecule has 0 heterocycles. The second kappa shape index (κ2) is 5.71. The van der Waals surface area contributed by atoms with Crippen molar-refractivity contribution in [1.82, 2.24) is 0 Å². The van der Waals surface area contributed by atoms with Gasteiger partial charge in [0.1, 0.15) is 0 Å². The predicted octanol–water partition coefficient (Wildman–Crippen LogP) is 5.23. The third kappa shape index (κ3) is 2.98. The Kier molecular flexibility index (Phi) is 3.76. The van der Waals surface area contributed by atoms with Crippen molar-refractivity contribution in [2.45, 2.75) is 13.3 Å². The Bertz CT molecular complexity index is 821. The molecular weight excluding hydrogens is 280 g/mol. The zero-order valence-corrected chi connectivity index (χ0v) is 12.5. The average molecular weight is 295 g/mol. The Balaban J connectivity index is 1.87. The van der Waals surface area contributed by atoms with Crippen molar-refractivity contribution >= 4 is 28.2 Å². The van der Waals surface area contributed by atoms with E-state index in [0.29, 0.717) is 17.0 Å². The first-order chi connectivity index (χ1) is 10.1. The van der Waals surface area contributed by atoms with E-state index in [2.05, 4.69) is 24.3 Å². The van der Waals surface area contributed by atoms with Crippen LogP contribution in [0.1, 0.15) is 21.5 Å². The van der Waals surface area contributed by atoms with Gasteiger partial charge < -0.3 is 0 Å². The van der Waals surface area contributed by atoms with E-state index >= 15 is 0 Å². The first-order valence-corrected chi connectivity index (χ1v) is 7.28. The van der Waals surface area contributed by atoms with Gasteiger partial charge in [-0.1, -0.05) is 66.2 Å². The summed E-state index contributed by atoms with van der Waals surface area (Å²) in [4.78, 5) is 12.4. The molecule has 0 aliphatic heterocycles. The maximum atomic E-state index is 12.4. The molecule has 0 bridgehead atoms. The SMILES string of the molecule is Cc1ccc(C(=O)Cc2ccc3ccccc3c2)cc1Cl. The Morgan fingerprint density at radius 3 is 2.48 bits per heavy atom. The van der Waals surface area contributed by atoms with Crippen molar-refractivity contribution in [1.29, 1.82) is 0 Å². The molecule has 3 aromatic carbocycles. The smallest absolute Gasteiger partial charge is 0.167 e. The highest BCUT2D eigenvalue weighted by Crippen LogP contribution is 2.20. The van der Waals surface area contributed by atoms with Crippen molar-refractivity contribution in [3.05, 3.63) is 82.4 Å². The highest BCUT2D eigenvalue weighted by molar-refractivity contribution is 6.31.